The van der Waals surface area contributed by atoms with Crippen molar-refractivity contribution in [1.82, 2.24) is 14.8 Å². The molecule has 2 unspecified atom stereocenters. The molecular weight excluding hydrogens is 248 g/mol. The Morgan fingerprint density at radius 3 is 2.55 bits per heavy atom. The smallest absolute Gasteiger partial charge is 0.0671 e. The van der Waals surface area contributed by atoms with Crippen LogP contribution in [0.5, 0.6) is 0 Å². The molecule has 2 heterocycles. The van der Waals surface area contributed by atoms with Crippen LogP contribution in [0.4, 0.5) is 0 Å². The number of hydrogen-bond donors (Lipinski definition) is 1. The third kappa shape index (κ3) is 3.37. The molecule has 0 amide bonds. The van der Waals surface area contributed by atoms with E-state index in [1.54, 1.807) is 0 Å². The average Bonchev–Trinajstić information content (AvgIpc) is 3.26. The van der Waals surface area contributed by atoms with Crippen molar-refractivity contribution in [2.45, 2.75) is 31.8 Å². The Morgan fingerprint density at radius 2 is 2.00 bits per heavy atom. The maximum Gasteiger partial charge on any atom is 0.0671 e. The van der Waals surface area contributed by atoms with E-state index >= 15 is 0 Å². The average molecular weight is 274 g/mol. The first-order valence-electron chi connectivity index (χ1n) is 7.87. The van der Waals surface area contributed by atoms with Crippen LogP contribution in [0, 0.1) is 5.92 Å². The summed E-state index contributed by atoms with van der Waals surface area (Å²) in [6.45, 7) is 7.96. The van der Waals surface area contributed by atoms with E-state index < -0.39 is 0 Å². The Kier molecular flexibility index (Phi) is 4.34. The highest BCUT2D eigenvalue weighted by molar-refractivity contribution is 5.11. The second-order valence-electron chi connectivity index (χ2n) is 6.34. The largest absolute Gasteiger partial charge is 0.326 e. The minimum atomic E-state index is 0.111. The molecule has 0 radical (unpaired) electrons. The van der Waals surface area contributed by atoms with Gasteiger partial charge in [-0.1, -0.05) is 6.07 Å². The Bertz CT molecular complexity index is 408. The van der Waals surface area contributed by atoms with Crippen molar-refractivity contribution in [1.29, 1.82) is 0 Å². The molecule has 1 saturated heterocycles. The van der Waals surface area contributed by atoms with Crippen molar-refractivity contribution >= 4 is 0 Å². The summed E-state index contributed by atoms with van der Waals surface area (Å²) in [4.78, 5) is 9.64. The summed E-state index contributed by atoms with van der Waals surface area (Å²) < 4.78 is 0. The zero-order chi connectivity index (χ0) is 13.9. The van der Waals surface area contributed by atoms with Crippen LogP contribution >= 0.6 is 0 Å². The van der Waals surface area contributed by atoms with Gasteiger partial charge < -0.3 is 10.6 Å². The molecule has 110 valence electrons. The third-order valence-electron chi connectivity index (χ3n) is 4.50. The van der Waals surface area contributed by atoms with Crippen LogP contribution in [0.25, 0.3) is 0 Å². The van der Waals surface area contributed by atoms with Gasteiger partial charge in [-0.2, -0.15) is 0 Å². The van der Waals surface area contributed by atoms with E-state index in [9.17, 15) is 0 Å². The van der Waals surface area contributed by atoms with Gasteiger partial charge in [0.1, 0.15) is 0 Å². The van der Waals surface area contributed by atoms with E-state index in [0.29, 0.717) is 0 Å². The van der Waals surface area contributed by atoms with Gasteiger partial charge in [0.05, 0.1) is 11.7 Å². The molecule has 2 fully saturated rings. The quantitative estimate of drug-likeness (QED) is 0.884. The molecule has 1 aromatic rings. The van der Waals surface area contributed by atoms with Gasteiger partial charge in [0.15, 0.2) is 0 Å². The number of aromatic nitrogens is 1. The van der Waals surface area contributed by atoms with Crippen LogP contribution in [0.15, 0.2) is 24.4 Å². The Labute approximate surface area is 122 Å². The lowest BCUT2D eigenvalue weighted by Gasteiger charge is -2.40. The van der Waals surface area contributed by atoms with Crippen molar-refractivity contribution in [3.63, 3.8) is 0 Å². The summed E-state index contributed by atoms with van der Waals surface area (Å²) >= 11 is 0. The molecule has 0 aromatic carbocycles. The van der Waals surface area contributed by atoms with Crippen LogP contribution in [0.1, 0.15) is 31.5 Å². The predicted molar refractivity (Wildman–Crippen MR) is 81.4 cm³/mol. The third-order valence-corrected chi connectivity index (χ3v) is 4.50. The van der Waals surface area contributed by atoms with E-state index in [4.69, 9.17) is 5.73 Å². The summed E-state index contributed by atoms with van der Waals surface area (Å²) in [5.74, 6) is 0.988. The number of nitrogens with zero attached hydrogens (tertiary/aromatic N) is 3. The fourth-order valence-electron chi connectivity index (χ4n) is 3.23. The van der Waals surface area contributed by atoms with E-state index in [1.807, 2.05) is 12.3 Å². The molecule has 2 aliphatic rings. The fourth-order valence-corrected chi connectivity index (χ4v) is 3.23. The summed E-state index contributed by atoms with van der Waals surface area (Å²) in [7, 11) is 0. The van der Waals surface area contributed by atoms with Crippen LogP contribution in [0.2, 0.25) is 0 Å². The van der Waals surface area contributed by atoms with Crippen molar-refractivity contribution in [2.75, 3.05) is 32.7 Å². The molecule has 1 aliphatic carbocycles. The fraction of sp³-hybridized carbons (Fsp3) is 0.688. The van der Waals surface area contributed by atoms with Crippen molar-refractivity contribution in [3.05, 3.63) is 30.1 Å². The molecule has 0 spiro atoms. The Balaban J connectivity index is 1.61. The lowest BCUT2D eigenvalue weighted by molar-refractivity contribution is 0.0825. The highest BCUT2D eigenvalue weighted by Gasteiger charge is 2.30. The SMILES string of the molecule is CC(N)C(c1ccccn1)N1CCN(CC2CC2)CC1. The van der Waals surface area contributed by atoms with Crippen molar-refractivity contribution < 1.29 is 0 Å². The van der Waals surface area contributed by atoms with Gasteiger partial charge in [0, 0.05) is 45.0 Å². The zero-order valence-electron chi connectivity index (χ0n) is 12.4. The van der Waals surface area contributed by atoms with E-state index in [-0.39, 0.29) is 12.1 Å². The molecule has 1 aromatic heterocycles. The Morgan fingerprint density at radius 1 is 1.25 bits per heavy atom. The van der Waals surface area contributed by atoms with Gasteiger partial charge in [-0.15, -0.1) is 0 Å². The summed E-state index contributed by atoms with van der Waals surface area (Å²) in [6.07, 6.45) is 4.75. The first-order chi connectivity index (χ1) is 9.74. The monoisotopic (exact) mass is 274 g/mol. The minimum absolute atomic E-state index is 0.111. The summed E-state index contributed by atoms with van der Waals surface area (Å²) in [5, 5.41) is 0. The molecule has 1 saturated carbocycles. The lowest BCUT2D eigenvalue weighted by Crippen LogP contribution is -2.51. The van der Waals surface area contributed by atoms with Gasteiger partial charge in [0.2, 0.25) is 0 Å². The maximum absolute atomic E-state index is 6.23. The standard InChI is InChI=1S/C16H26N4/c1-13(17)16(15-4-2-3-7-18-15)20-10-8-19(9-11-20)12-14-5-6-14/h2-4,7,13-14,16H,5-6,8-12,17H2,1H3. The van der Waals surface area contributed by atoms with Crippen LogP contribution in [-0.4, -0.2) is 53.5 Å². The van der Waals surface area contributed by atoms with E-state index in [1.165, 1.54) is 32.5 Å². The van der Waals surface area contributed by atoms with Gasteiger partial charge in [0.25, 0.3) is 0 Å². The molecule has 2 atom stereocenters. The van der Waals surface area contributed by atoms with Crippen LogP contribution in [0.3, 0.4) is 0 Å². The molecule has 1 aliphatic heterocycles. The highest BCUT2D eigenvalue weighted by Crippen LogP contribution is 2.30. The number of nitrogens with two attached hydrogens (primary N) is 1. The molecular formula is C16H26N4. The minimum Gasteiger partial charge on any atom is -0.326 e. The van der Waals surface area contributed by atoms with Crippen molar-refractivity contribution in [3.8, 4) is 0 Å². The number of rotatable bonds is 5. The summed E-state index contributed by atoms with van der Waals surface area (Å²) in [5.41, 5.74) is 7.34. The first-order valence-corrected chi connectivity index (χ1v) is 7.87. The predicted octanol–water partition coefficient (Wildman–Crippen LogP) is 1.50. The number of hydrogen-bond acceptors (Lipinski definition) is 4. The van der Waals surface area contributed by atoms with Gasteiger partial charge >= 0.3 is 0 Å². The first kappa shape index (κ1) is 14.0. The summed E-state index contributed by atoms with van der Waals surface area (Å²) in [6, 6.07) is 6.49. The molecule has 4 nitrogen and oxygen atoms in total. The van der Waals surface area contributed by atoms with Gasteiger partial charge in [-0.25, -0.2) is 0 Å². The Hall–Kier alpha value is -0.970. The van der Waals surface area contributed by atoms with E-state index in [0.717, 1.165) is 24.7 Å². The number of pyridine rings is 1. The maximum atomic E-state index is 6.23. The van der Waals surface area contributed by atoms with Crippen LogP contribution in [-0.2, 0) is 0 Å². The molecule has 2 N–H and O–H groups in total. The normalized spacial score (nSPS) is 24.5. The molecule has 4 heteroatoms. The highest BCUT2D eigenvalue weighted by atomic mass is 15.3. The topological polar surface area (TPSA) is 45.4 Å². The molecule has 0 bridgehead atoms. The van der Waals surface area contributed by atoms with Gasteiger partial charge in [-0.05, 0) is 37.8 Å². The second kappa shape index (κ2) is 6.20. The lowest BCUT2D eigenvalue weighted by atomic mass is 10.0. The molecule has 20 heavy (non-hydrogen) atoms. The number of piperazine rings is 1. The zero-order valence-corrected chi connectivity index (χ0v) is 12.4. The van der Waals surface area contributed by atoms with Crippen LogP contribution < -0.4 is 5.73 Å². The molecule has 3 rings (SSSR count). The van der Waals surface area contributed by atoms with Gasteiger partial charge in [-0.3, -0.25) is 9.88 Å². The second-order valence-corrected chi connectivity index (χ2v) is 6.34. The van der Waals surface area contributed by atoms with Crippen molar-refractivity contribution in [2.24, 2.45) is 11.7 Å². The van der Waals surface area contributed by atoms with E-state index in [2.05, 4.69) is 33.8 Å².